The van der Waals surface area contributed by atoms with Gasteiger partial charge in [-0.2, -0.15) is 0 Å². The third kappa shape index (κ3) is 4.41. The van der Waals surface area contributed by atoms with Crippen molar-refractivity contribution in [1.82, 2.24) is 9.88 Å². The van der Waals surface area contributed by atoms with Crippen LogP contribution in [0.15, 0.2) is 47.4 Å². The normalized spacial score (nSPS) is 15.9. The quantitative estimate of drug-likeness (QED) is 0.735. The Balaban J connectivity index is 1.62. The highest BCUT2D eigenvalue weighted by molar-refractivity contribution is 8.18. The Labute approximate surface area is 154 Å². The lowest BCUT2D eigenvalue weighted by molar-refractivity contribution is -0.123. The number of rotatable bonds is 5. The van der Waals surface area contributed by atoms with Gasteiger partial charge in [0.25, 0.3) is 11.1 Å². The summed E-state index contributed by atoms with van der Waals surface area (Å²) in [4.78, 5) is 30.4. The van der Waals surface area contributed by atoms with Crippen molar-refractivity contribution in [2.45, 2.75) is 6.92 Å². The standard InChI is InChI=1S/C18H15ClN2O3S/c1-12-3-2-4-14(20-12)11-16-17(22)21(18(23)25-16)9-10-24-15-7-5-13(19)6-8-15/h2-8,11H,9-10H2,1H3/b16-11-. The smallest absolute Gasteiger partial charge is 0.293 e. The van der Waals surface area contributed by atoms with Crippen molar-refractivity contribution in [1.29, 1.82) is 0 Å². The summed E-state index contributed by atoms with van der Waals surface area (Å²) in [5.41, 5.74) is 1.51. The van der Waals surface area contributed by atoms with Gasteiger partial charge in [-0.3, -0.25) is 19.5 Å². The van der Waals surface area contributed by atoms with Gasteiger partial charge in [0.05, 0.1) is 17.1 Å². The van der Waals surface area contributed by atoms with Crippen LogP contribution in [0.4, 0.5) is 4.79 Å². The van der Waals surface area contributed by atoms with Crippen molar-refractivity contribution >= 4 is 40.6 Å². The second-order valence-corrected chi connectivity index (χ2v) is 6.77. The molecule has 0 saturated carbocycles. The van der Waals surface area contributed by atoms with Crippen molar-refractivity contribution in [3.8, 4) is 5.75 Å². The molecule has 0 N–H and O–H groups in total. The van der Waals surface area contributed by atoms with Crippen LogP contribution in [0, 0.1) is 6.92 Å². The fraction of sp³-hybridized carbons (Fsp3) is 0.167. The predicted molar refractivity (Wildman–Crippen MR) is 98.6 cm³/mol. The number of benzene rings is 1. The molecular weight excluding hydrogens is 360 g/mol. The highest BCUT2D eigenvalue weighted by Gasteiger charge is 2.34. The number of carbonyl (C=O) groups is 2. The number of imide groups is 1. The number of amides is 2. The minimum atomic E-state index is -0.321. The number of aryl methyl sites for hydroxylation is 1. The first-order chi connectivity index (χ1) is 12.0. The second-order valence-electron chi connectivity index (χ2n) is 5.34. The number of ether oxygens (including phenoxy) is 1. The molecule has 0 radical (unpaired) electrons. The van der Waals surface area contributed by atoms with E-state index >= 15 is 0 Å². The number of thioether (sulfide) groups is 1. The third-order valence-corrected chi connectivity index (χ3v) is 4.62. The van der Waals surface area contributed by atoms with E-state index in [1.165, 1.54) is 4.90 Å². The first-order valence-corrected chi connectivity index (χ1v) is 8.80. The van der Waals surface area contributed by atoms with E-state index in [4.69, 9.17) is 16.3 Å². The Morgan fingerprint density at radius 3 is 2.68 bits per heavy atom. The van der Waals surface area contributed by atoms with Crippen LogP contribution in [0.3, 0.4) is 0 Å². The lowest BCUT2D eigenvalue weighted by Gasteiger charge is -2.13. The molecule has 0 unspecified atom stereocenters. The number of halogens is 1. The fourth-order valence-corrected chi connectivity index (χ4v) is 3.23. The highest BCUT2D eigenvalue weighted by Crippen LogP contribution is 2.31. The number of pyridine rings is 1. The van der Waals surface area contributed by atoms with Crippen LogP contribution in [0.25, 0.3) is 6.08 Å². The highest BCUT2D eigenvalue weighted by atomic mass is 35.5. The molecule has 0 aliphatic carbocycles. The van der Waals surface area contributed by atoms with Crippen molar-refractivity contribution < 1.29 is 14.3 Å². The number of carbonyl (C=O) groups excluding carboxylic acids is 2. The van der Waals surface area contributed by atoms with E-state index < -0.39 is 0 Å². The van der Waals surface area contributed by atoms with Crippen LogP contribution in [0.2, 0.25) is 5.02 Å². The second kappa shape index (κ2) is 7.72. The maximum Gasteiger partial charge on any atom is 0.293 e. The van der Waals surface area contributed by atoms with Crippen molar-refractivity contribution in [2.24, 2.45) is 0 Å². The molecule has 0 atom stereocenters. The van der Waals surface area contributed by atoms with E-state index in [1.807, 2.05) is 19.1 Å². The number of hydrogen-bond donors (Lipinski definition) is 0. The molecule has 3 rings (SSSR count). The van der Waals surface area contributed by atoms with Gasteiger partial charge in [-0.25, -0.2) is 0 Å². The van der Waals surface area contributed by atoms with Crippen molar-refractivity contribution in [2.75, 3.05) is 13.2 Å². The molecule has 1 aliphatic heterocycles. The number of hydrogen-bond acceptors (Lipinski definition) is 5. The zero-order valence-corrected chi connectivity index (χ0v) is 15.0. The number of nitrogens with zero attached hydrogens (tertiary/aromatic N) is 2. The van der Waals surface area contributed by atoms with E-state index in [1.54, 1.807) is 36.4 Å². The first kappa shape index (κ1) is 17.5. The van der Waals surface area contributed by atoms with Crippen molar-refractivity contribution in [3.05, 3.63) is 63.8 Å². The van der Waals surface area contributed by atoms with Crippen LogP contribution in [-0.4, -0.2) is 34.2 Å². The molecule has 2 heterocycles. The van der Waals surface area contributed by atoms with Gasteiger partial charge >= 0.3 is 0 Å². The molecule has 1 fully saturated rings. The van der Waals surface area contributed by atoms with Gasteiger partial charge < -0.3 is 4.74 Å². The molecule has 7 heteroatoms. The molecular formula is C18H15ClN2O3S. The fourth-order valence-electron chi connectivity index (χ4n) is 2.26. The monoisotopic (exact) mass is 374 g/mol. The Morgan fingerprint density at radius 2 is 1.96 bits per heavy atom. The summed E-state index contributed by atoms with van der Waals surface area (Å²) >= 11 is 6.73. The Morgan fingerprint density at radius 1 is 1.20 bits per heavy atom. The lowest BCUT2D eigenvalue weighted by Crippen LogP contribution is -2.32. The van der Waals surface area contributed by atoms with E-state index in [0.29, 0.717) is 21.4 Å². The zero-order valence-electron chi connectivity index (χ0n) is 13.4. The summed E-state index contributed by atoms with van der Waals surface area (Å²) in [5.74, 6) is 0.314. The average Bonchev–Trinajstić information content (AvgIpc) is 2.84. The van der Waals surface area contributed by atoms with Gasteiger partial charge in [-0.15, -0.1) is 0 Å². The van der Waals surface area contributed by atoms with Crippen LogP contribution in [0.1, 0.15) is 11.4 Å². The molecule has 0 bridgehead atoms. The van der Waals surface area contributed by atoms with Gasteiger partial charge in [-0.1, -0.05) is 17.7 Å². The lowest BCUT2D eigenvalue weighted by atomic mass is 10.3. The molecule has 5 nitrogen and oxygen atoms in total. The van der Waals surface area contributed by atoms with Gasteiger partial charge in [-0.05, 0) is 61.2 Å². The van der Waals surface area contributed by atoms with E-state index in [2.05, 4.69) is 4.98 Å². The third-order valence-electron chi connectivity index (χ3n) is 3.46. The molecule has 25 heavy (non-hydrogen) atoms. The van der Waals surface area contributed by atoms with Gasteiger partial charge in [0.2, 0.25) is 0 Å². The maximum absolute atomic E-state index is 12.4. The summed E-state index contributed by atoms with van der Waals surface area (Å²) in [7, 11) is 0. The SMILES string of the molecule is Cc1cccc(/C=C2\SC(=O)N(CCOc3ccc(Cl)cc3)C2=O)n1. The van der Waals surface area contributed by atoms with Gasteiger partial charge in [0, 0.05) is 10.7 Å². The topological polar surface area (TPSA) is 59.5 Å². The Hall–Kier alpha value is -2.31. The van der Waals surface area contributed by atoms with Crippen LogP contribution in [0.5, 0.6) is 5.75 Å². The molecule has 1 saturated heterocycles. The van der Waals surface area contributed by atoms with Crippen LogP contribution < -0.4 is 4.74 Å². The van der Waals surface area contributed by atoms with E-state index in [-0.39, 0.29) is 24.3 Å². The molecule has 2 amide bonds. The summed E-state index contributed by atoms with van der Waals surface area (Å²) in [6.07, 6.45) is 1.64. The van der Waals surface area contributed by atoms with Crippen molar-refractivity contribution in [3.63, 3.8) is 0 Å². The molecule has 1 aromatic heterocycles. The van der Waals surface area contributed by atoms with Crippen LogP contribution in [-0.2, 0) is 4.79 Å². The van der Waals surface area contributed by atoms with Gasteiger partial charge in [0.15, 0.2) is 0 Å². The molecule has 1 aliphatic rings. The molecule has 1 aromatic carbocycles. The largest absolute Gasteiger partial charge is 0.492 e. The predicted octanol–water partition coefficient (Wildman–Crippen LogP) is 4.16. The van der Waals surface area contributed by atoms with Gasteiger partial charge in [0.1, 0.15) is 12.4 Å². The Bertz CT molecular complexity index is 836. The molecule has 0 spiro atoms. The molecule has 2 aromatic rings. The average molecular weight is 375 g/mol. The van der Waals surface area contributed by atoms with E-state index in [9.17, 15) is 9.59 Å². The van der Waals surface area contributed by atoms with E-state index in [0.717, 1.165) is 17.5 Å². The summed E-state index contributed by atoms with van der Waals surface area (Å²) in [6.45, 7) is 2.28. The van der Waals surface area contributed by atoms with Crippen LogP contribution >= 0.6 is 23.4 Å². The summed E-state index contributed by atoms with van der Waals surface area (Å²) < 4.78 is 5.54. The number of aromatic nitrogens is 1. The minimum Gasteiger partial charge on any atom is -0.492 e. The molecule has 128 valence electrons. The summed E-state index contributed by atoms with van der Waals surface area (Å²) in [5, 5.41) is 0.316. The summed E-state index contributed by atoms with van der Waals surface area (Å²) in [6, 6.07) is 12.4. The zero-order chi connectivity index (χ0) is 17.8. The first-order valence-electron chi connectivity index (χ1n) is 7.60. The Kier molecular flexibility index (Phi) is 5.40. The minimum absolute atomic E-state index is 0.186. The maximum atomic E-state index is 12.4.